The minimum absolute atomic E-state index is 0. The van der Waals surface area contributed by atoms with Gasteiger partial charge in [0.25, 0.3) is 0 Å². The fourth-order valence-corrected chi connectivity index (χ4v) is 4.44. The van der Waals surface area contributed by atoms with E-state index < -0.39 is 0 Å². The summed E-state index contributed by atoms with van der Waals surface area (Å²) in [5, 5.41) is 2.77. The molecule has 4 rings (SSSR count). The third-order valence-electron chi connectivity index (χ3n) is 4.29. The molecule has 0 bridgehead atoms. The second-order valence-corrected chi connectivity index (χ2v) is 7.28. The van der Waals surface area contributed by atoms with Gasteiger partial charge >= 0.3 is 0 Å². The maximum absolute atomic E-state index is 2.25. The molecule has 0 nitrogen and oxygen atoms in total. The maximum atomic E-state index is 2.25. The van der Waals surface area contributed by atoms with Crippen LogP contribution in [0.2, 0.25) is 0 Å². The Labute approximate surface area is 163 Å². The highest BCUT2D eigenvalue weighted by Crippen LogP contribution is 2.27. The summed E-state index contributed by atoms with van der Waals surface area (Å²) in [6.07, 6.45) is 0. The van der Waals surface area contributed by atoms with E-state index in [1.807, 2.05) is 0 Å². The Morgan fingerprint density at radius 2 is 0.731 bits per heavy atom. The van der Waals surface area contributed by atoms with Crippen molar-refractivity contribution < 1.29 is 0 Å². The molecule has 0 heterocycles. The first-order chi connectivity index (χ1) is 12.4. The van der Waals surface area contributed by atoms with Gasteiger partial charge in [-0.15, -0.1) is 12.4 Å². The average molecular weight is 375 g/mol. The van der Waals surface area contributed by atoms with Crippen molar-refractivity contribution in [1.29, 1.82) is 0 Å². The molecule has 0 aliphatic heterocycles. The number of halogens is 1. The van der Waals surface area contributed by atoms with Gasteiger partial charge in [0, 0.05) is 0 Å². The SMILES string of the molecule is Cl.c1ccc(-c2ccccc2Pc2ccccc2-c2ccccc2)cc1. The molecule has 26 heavy (non-hydrogen) atoms. The molecule has 4 aromatic carbocycles. The molecule has 0 saturated heterocycles. The van der Waals surface area contributed by atoms with Crippen molar-refractivity contribution in [3.63, 3.8) is 0 Å². The molecule has 4 aromatic rings. The first kappa shape index (κ1) is 18.4. The van der Waals surface area contributed by atoms with E-state index in [0.717, 1.165) is 0 Å². The third kappa shape index (κ3) is 4.05. The van der Waals surface area contributed by atoms with Crippen LogP contribution < -0.4 is 10.6 Å². The summed E-state index contributed by atoms with van der Waals surface area (Å²) in [6, 6.07) is 38.8. The first-order valence-electron chi connectivity index (χ1n) is 8.48. The van der Waals surface area contributed by atoms with Crippen LogP contribution in [0.15, 0.2) is 109 Å². The van der Waals surface area contributed by atoms with Crippen LogP contribution >= 0.6 is 21.0 Å². The van der Waals surface area contributed by atoms with E-state index in [4.69, 9.17) is 0 Å². The topological polar surface area (TPSA) is 0 Å². The van der Waals surface area contributed by atoms with Gasteiger partial charge in [-0.3, -0.25) is 0 Å². The average Bonchev–Trinajstić information content (AvgIpc) is 2.70. The molecule has 0 fully saturated rings. The second-order valence-electron chi connectivity index (χ2n) is 5.95. The van der Waals surface area contributed by atoms with Crippen LogP contribution in [0.4, 0.5) is 0 Å². The van der Waals surface area contributed by atoms with Crippen LogP contribution in [0, 0.1) is 0 Å². The molecule has 0 aliphatic carbocycles. The van der Waals surface area contributed by atoms with Crippen LogP contribution in [-0.4, -0.2) is 0 Å². The first-order valence-corrected chi connectivity index (χ1v) is 9.48. The van der Waals surface area contributed by atoms with Crippen LogP contribution in [0.3, 0.4) is 0 Å². The Hall–Kier alpha value is -2.40. The molecular formula is C24H20ClP. The van der Waals surface area contributed by atoms with Gasteiger partial charge in [0.05, 0.1) is 0 Å². The Bertz CT molecular complexity index is 884. The molecule has 128 valence electrons. The van der Waals surface area contributed by atoms with E-state index in [1.54, 1.807) is 0 Å². The van der Waals surface area contributed by atoms with Crippen molar-refractivity contribution in [3.8, 4) is 22.3 Å². The summed E-state index contributed by atoms with van der Waals surface area (Å²) in [7, 11) is 0.625. The highest BCUT2D eigenvalue weighted by molar-refractivity contribution is 7.56. The van der Waals surface area contributed by atoms with Crippen molar-refractivity contribution in [1.82, 2.24) is 0 Å². The van der Waals surface area contributed by atoms with E-state index in [0.29, 0.717) is 8.58 Å². The molecular weight excluding hydrogens is 355 g/mol. The summed E-state index contributed by atoms with van der Waals surface area (Å²) in [6.45, 7) is 0. The number of benzene rings is 4. The lowest BCUT2D eigenvalue weighted by Gasteiger charge is -2.13. The predicted octanol–water partition coefficient (Wildman–Crippen LogP) is 6.07. The lowest BCUT2D eigenvalue weighted by atomic mass is 10.1. The molecule has 0 atom stereocenters. The zero-order chi connectivity index (χ0) is 16.9. The predicted molar refractivity (Wildman–Crippen MR) is 119 cm³/mol. The van der Waals surface area contributed by atoms with Crippen LogP contribution in [0.25, 0.3) is 22.3 Å². The van der Waals surface area contributed by atoms with E-state index in [1.165, 1.54) is 32.9 Å². The van der Waals surface area contributed by atoms with Crippen molar-refractivity contribution in [2.75, 3.05) is 0 Å². The van der Waals surface area contributed by atoms with Crippen molar-refractivity contribution in [2.45, 2.75) is 0 Å². The Balaban J connectivity index is 0.00000196. The summed E-state index contributed by atoms with van der Waals surface area (Å²) < 4.78 is 0. The number of hydrogen-bond acceptors (Lipinski definition) is 0. The standard InChI is InChI=1S/C24H19P.ClH/c1-3-11-19(12-4-1)21-15-7-9-17-23(21)25-24-18-10-8-16-22(24)20-13-5-2-6-14-20;/h1-18,25H;1H. The van der Waals surface area contributed by atoms with Gasteiger partial charge in [0.15, 0.2) is 0 Å². The summed E-state index contributed by atoms with van der Waals surface area (Å²) >= 11 is 0. The van der Waals surface area contributed by atoms with E-state index in [-0.39, 0.29) is 12.4 Å². The monoisotopic (exact) mass is 374 g/mol. The van der Waals surface area contributed by atoms with Crippen LogP contribution in [0.1, 0.15) is 0 Å². The normalized spacial score (nSPS) is 10.2. The molecule has 0 unspecified atom stereocenters. The molecule has 0 aliphatic rings. The number of rotatable bonds is 4. The second kappa shape index (κ2) is 8.81. The quantitative estimate of drug-likeness (QED) is 0.380. The molecule has 0 N–H and O–H groups in total. The van der Waals surface area contributed by atoms with Gasteiger partial charge in [0.2, 0.25) is 0 Å². The van der Waals surface area contributed by atoms with E-state index in [2.05, 4.69) is 109 Å². The van der Waals surface area contributed by atoms with Crippen LogP contribution in [0.5, 0.6) is 0 Å². The smallest absolute Gasteiger partial charge is 0.0106 e. The van der Waals surface area contributed by atoms with Crippen molar-refractivity contribution in [3.05, 3.63) is 109 Å². The highest BCUT2D eigenvalue weighted by atomic mass is 35.5. The Morgan fingerprint density at radius 1 is 0.385 bits per heavy atom. The molecule has 0 spiro atoms. The minimum atomic E-state index is 0. The fraction of sp³-hybridized carbons (Fsp3) is 0. The van der Waals surface area contributed by atoms with Gasteiger partial charge in [-0.2, -0.15) is 0 Å². The van der Waals surface area contributed by atoms with Gasteiger partial charge in [-0.1, -0.05) is 118 Å². The lowest BCUT2D eigenvalue weighted by Crippen LogP contribution is -2.08. The van der Waals surface area contributed by atoms with Gasteiger partial charge < -0.3 is 0 Å². The van der Waals surface area contributed by atoms with Crippen LogP contribution in [-0.2, 0) is 0 Å². The van der Waals surface area contributed by atoms with Gasteiger partial charge in [-0.05, 0) is 32.9 Å². The van der Waals surface area contributed by atoms with Gasteiger partial charge in [0.1, 0.15) is 0 Å². The largest absolute Gasteiger partial charge is 0.147 e. The fourth-order valence-electron chi connectivity index (χ4n) is 3.07. The van der Waals surface area contributed by atoms with E-state index in [9.17, 15) is 0 Å². The lowest BCUT2D eigenvalue weighted by molar-refractivity contribution is 1.64. The van der Waals surface area contributed by atoms with Crippen molar-refractivity contribution >= 4 is 31.6 Å². The zero-order valence-electron chi connectivity index (χ0n) is 14.3. The third-order valence-corrected chi connectivity index (χ3v) is 5.70. The minimum Gasteiger partial charge on any atom is -0.147 e. The highest BCUT2D eigenvalue weighted by Gasteiger charge is 2.09. The summed E-state index contributed by atoms with van der Waals surface area (Å²) in [4.78, 5) is 0. The van der Waals surface area contributed by atoms with Crippen molar-refractivity contribution in [2.24, 2.45) is 0 Å². The Kier molecular flexibility index (Phi) is 6.23. The van der Waals surface area contributed by atoms with Gasteiger partial charge in [-0.25, -0.2) is 0 Å². The number of hydrogen-bond donors (Lipinski definition) is 0. The molecule has 2 heteroatoms. The zero-order valence-corrected chi connectivity index (χ0v) is 16.1. The Morgan fingerprint density at radius 3 is 1.15 bits per heavy atom. The summed E-state index contributed by atoms with van der Waals surface area (Å²) in [5.74, 6) is 0. The maximum Gasteiger partial charge on any atom is -0.0106 e. The molecule has 0 amide bonds. The molecule has 0 saturated carbocycles. The molecule has 0 aromatic heterocycles. The van der Waals surface area contributed by atoms with E-state index >= 15 is 0 Å². The summed E-state index contributed by atoms with van der Waals surface area (Å²) in [5.41, 5.74) is 5.21. The molecule has 0 radical (unpaired) electrons.